The third kappa shape index (κ3) is 5.41. The molecule has 2 saturated heterocycles. The van der Waals surface area contributed by atoms with Crippen LogP contribution in [0.3, 0.4) is 0 Å². The van der Waals surface area contributed by atoms with Crippen LogP contribution in [0.15, 0.2) is 36.4 Å². The van der Waals surface area contributed by atoms with E-state index in [1.807, 2.05) is 35.0 Å². The van der Waals surface area contributed by atoms with Crippen molar-refractivity contribution in [3.63, 3.8) is 0 Å². The van der Waals surface area contributed by atoms with E-state index >= 15 is 0 Å². The standard InChI is InChI=1S/C30H40N8O3S/c1-31-42(40,41)34-30(39)25-20-26(37-14-12-23(13-15-37)36-18-16-35(17-19-36)22-10-11-22)27-28(21-6-5-7-21)33-38(29(27)32-25)24-8-3-2-4-9-24/h2-4,8-9,20-23,31H,5-7,10-19H2,1H3,(H,34,39). The number of pyridine rings is 1. The van der Waals surface area contributed by atoms with Gasteiger partial charge in [-0.1, -0.05) is 24.6 Å². The molecule has 2 N–H and O–H groups in total. The number of nitrogens with one attached hydrogen (secondary N) is 2. The lowest BCUT2D eigenvalue weighted by molar-refractivity contribution is 0.0809. The first-order chi connectivity index (χ1) is 20.4. The van der Waals surface area contributed by atoms with Gasteiger partial charge in [0.2, 0.25) is 0 Å². The third-order valence-electron chi connectivity index (χ3n) is 9.60. The van der Waals surface area contributed by atoms with Gasteiger partial charge in [-0.05, 0) is 56.7 Å². The summed E-state index contributed by atoms with van der Waals surface area (Å²) in [4.78, 5) is 25.7. The molecule has 2 aliphatic heterocycles. The summed E-state index contributed by atoms with van der Waals surface area (Å²) < 4.78 is 30.5. The lowest BCUT2D eigenvalue weighted by Gasteiger charge is -2.43. The van der Waals surface area contributed by atoms with E-state index in [4.69, 9.17) is 10.1 Å². The largest absolute Gasteiger partial charge is 0.371 e. The summed E-state index contributed by atoms with van der Waals surface area (Å²) in [5, 5.41) is 6.08. The molecule has 0 atom stereocenters. The maximum Gasteiger partial charge on any atom is 0.301 e. The number of hydrogen-bond donors (Lipinski definition) is 2. The zero-order valence-electron chi connectivity index (χ0n) is 24.2. The van der Waals surface area contributed by atoms with Crippen molar-refractivity contribution in [2.24, 2.45) is 0 Å². The second-order valence-electron chi connectivity index (χ2n) is 12.1. The molecular weight excluding hydrogens is 552 g/mol. The Morgan fingerprint density at radius 1 is 0.881 bits per heavy atom. The van der Waals surface area contributed by atoms with E-state index in [2.05, 4.69) is 24.1 Å². The van der Waals surface area contributed by atoms with Crippen LogP contribution < -0.4 is 14.3 Å². The monoisotopic (exact) mass is 592 g/mol. The molecule has 11 nitrogen and oxygen atoms in total. The van der Waals surface area contributed by atoms with Crippen LogP contribution in [0.25, 0.3) is 16.7 Å². The van der Waals surface area contributed by atoms with Crippen molar-refractivity contribution in [1.29, 1.82) is 0 Å². The maximum atomic E-state index is 13.2. The minimum atomic E-state index is -3.98. The Hall–Kier alpha value is -3.06. The molecular formula is C30H40N8O3S. The molecule has 3 aromatic rings. The van der Waals surface area contributed by atoms with Gasteiger partial charge in [-0.3, -0.25) is 14.6 Å². The molecule has 0 radical (unpaired) electrons. The first-order valence-corrected chi connectivity index (χ1v) is 16.9. The van der Waals surface area contributed by atoms with Crippen molar-refractivity contribution in [2.75, 3.05) is 51.2 Å². The SMILES string of the molecule is CNS(=O)(=O)NC(=O)c1cc(N2CCC(N3CCN(C4CC4)CC3)CC2)c2c(C3CCC3)nn(-c3ccccc3)c2n1. The normalized spacial score (nSPS) is 21.5. The van der Waals surface area contributed by atoms with Gasteiger partial charge in [-0.15, -0.1) is 0 Å². The molecule has 2 aliphatic carbocycles. The van der Waals surface area contributed by atoms with Crippen molar-refractivity contribution in [1.82, 2.24) is 34.0 Å². The predicted octanol–water partition coefficient (Wildman–Crippen LogP) is 2.63. The van der Waals surface area contributed by atoms with E-state index in [1.54, 1.807) is 6.07 Å². The fraction of sp³-hybridized carbons (Fsp3) is 0.567. The molecule has 224 valence electrons. The molecule has 42 heavy (non-hydrogen) atoms. The number of piperazine rings is 1. The lowest BCUT2D eigenvalue weighted by atomic mass is 9.82. The van der Waals surface area contributed by atoms with Crippen LogP contribution >= 0.6 is 0 Å². The second kappa shape index (κ2) is 11.2. The number of carbonyl (C=O) groups is 1. The highest BCUT2D eigenvalue weighted by Crippen LogP contribution is 2.43. The number of piperidine rings is 1. The number of amides is 1. The van der Waals surface area contributed by atoms with Gasteiger partial charge in [-0.2, -0.15) is 13.5 Å². The van der Waals surface area contributed by atoms with E-state index in [9.17, 15) is 13.2 Å². The van der Waals surface area contributed by atoms with Crippen LogP contribution in [0, 0.1) is 0 Å². The summed E-state index contributed by atoms with van der Waals surface area (Å²) in [5.74, 6) is -0.412. The fourth-order valence-electron chi connectivity index (χ4n) is 6.81. The van der Waals surface area contributed by atoms with Gasteiger partial charge in [0.1, 0.15) is 5.69 Å². The topological polar surface area (TPSA) is 116 Å². The van der Waals surface area contributed by atoms with Gasteiger partial charge < -0.3 is 4.90 Å². The molecule has 4 fully saturated rings. The average molecular weight is 593 g/mol. The van der Waals surface area contributed by atoms with Gasteiger partial charge in [-0.25, -0.2) is 19.1 Å². The quantitative estimate of drug-likeness (QED) is 0.410. The summed E-state index contributed by atoms with van der Waals surface area (Å²) >= 11 is 0. The van der Waals surface area contributed by atoms with E-state index in [0.29, 0.717) is 17.6 Å². The zero-order valence-corrected chi connectivity index (χ0v) is 25.0. The Morgan fingerprint density at radius 2 is 1.52 bits per heavy atom. The van der Waals surface area contributed by atoms with Crippen LogP contribution in [-0.2, 0) is 10.2 Å². The Labute approximate surface area is 247 Å². The van der Waals surface area contributed by atoms with Gasteiger partial charge in [0.15, 0.2) is 5.65 Å². The maximum absolute atomic E-state index is 13.2. The number of hydrogen-bond acceptors (Lipinski definition) is 8. The Balaban J connectivity index is 1.23. The Morgan fingerprint density at radius 3 is 2.10 bits per heavy atom. The molecule has 12 heteroatoms. The summed E-state index contributed by atoms with van der Waals surface area (Å²) in [6.07, 6.45) is 8.17. The highest BCUT2D eigenvalue weighted by molar-refractivity contribution is 7.88. The molecule has 4 aliphatic rings. The minimum absolute atomic E-state index is 0.0619. The van der Waals surface area contributed by atoms with E-state index < -0.39 is 16.1 Å². The number of anilines is 1. The highest BCUT2D eigenvalue weighted by atomic mass is 32.2. The van der Waals surface area contributed by atoms with Gasteiger partial charge >= 0.3 is 10.2 Å². The van der Waals surface area contributed by atoms with Gasteiger partial charge in [0.25, 0.3) is 5.91 Å². The fourth-order valence-corrected chi connectivity index (χ4v) is 7.26. The summed E-state index contributed by atoms with van der Waals surface area (Å²) in [7, 11) is -2.72. The molecule has 0 spiro atoms. The highest BCUT2D eigenvalue weighted by Gasteiger charge is 2.35. The number of rotatable bonds is 8. The minimum Gasteiger partial charge on any atom is -0.371 e. The van der Waals surface area contributed by atoms with Crippen molar-refractivity contribution >= 4 is 32.8 Å². The number of fused-ring (bicyclic) bond motifs is 1. The Bertz CT molecular complexity index is 1550. The van der Waals surface area contributed by atoms with Crippen LogP contribution in [0.1, 0.15) is 67.0 Å². The molecule has 1 aromatic carbocycles. The van der Waals surface area contributed by atoms with Crippen LogP contribution in [0.2, 0.25) is 0 Å². The molecule has 4 heterocycles. The lowest BCUT2D eigenvalue weighted by Crippen LogP contribution is -2.53. The smallest absolute Gasteiger partial charge is 0.301 e. The molecule has 2 aromatic heterocycles. The molecule has 7 rings (SSSR count). The Kier molecular flexibility index (Phi) is 7.41. The number of carbonyl (C=O) groups excluding carboxylic acids is 1. The molecule has 0 unspecified atom stereocenters. The number of benzene rings is 1. The van der Waals surface area contributed by atoms with E-state index in [0.717, 1.165) is 80.4 Å². The summed E-state index contributed by atoms with van der Waals surface area (Å²) in [6, 6.07) is 13.0. The zero-order chi connectivity index (χ0) is 28.8. The third-order valence-corrected chi connectivity index (χ3v) is 10.6. The van der Waals surface area contributed by atoms with E-state index in [-0.39, 0.29) is 5.69 Å². The van der Waals surface area contributed by atoms with Crippen LogP contribution in [-0.4, -0.2) is 97.3 Å². The first-order valence-electron chi connectivity index (χ1n) is 15.4. The number of nitrogens with zero attached hydrogens (tertiary/aromatic N) is 6. The summed E-state index contributed by atoms with van der Waals surface area (Å²) in [5.41, 5.74) is 3.46. The van der Waals surface area contributed by atoms with Crippen LogP contribution in [0.4, 0.5) is 5.69 Å². The average Bonchev–Trinajstić information content (AvgIpc) is 3.78. The second-order valence-corrected chi connectivity index (χ2v) is 13.8. The van der Waals surface area contributed by atoms with Crippen LogP contribution in [0.5, 0.6) is 0 Å². The van der Waals surface area contributed by atoms with Crippen molar-refractivity contribution < 1.29 is 13.2 Å². The summed E-state index contributed by atoms with van der Waals surface area (Å²) in [6.45, 7) is 6.36. The van der Waals surface area contributed by atoms with Crippen molar-refractivity contribution in [2.45, 2.75) is 62.9 Å². The predicted molar refractivity (Wildman–Crippen MR) is 162 cm³/mol. The molecule has 2 saturated carbocycles. The number of para-hydroxylation sites is 1. The number of aromatic nitrogens is 3. The van der Waals surface area contributed by atoms with Crippen molar-refractivity contribution in [3.05, 3.63) is 47.8 Å². The van der Waals surface area contributed by atoms with Crippen molar-refractivity contribution in [3.8, 4) is 5.69 Å². The molecule has 0 bridgehead atoms. The first kappa shape index (κ1) is 27.8. The van der Waals surface area contributed by atoms with E-state index in [1.165, 1.54) is 39.4 Å². The molecule has 1 amide bonds. The van der Waals surface area contributed by atoms with Gasteiger partial charge in [0, 0.05) is 64.3 Å². The van der Waals surface area contributed by atoms with Gasteiger partial charge in [0.05, 0.1) is 22.5 Å².